The van der Waals surface area contributed by atoms with Crippen molar-refractivity contribution in [3.05, 3.63) is 59.3 Å². The van der Waals surface area contributed by atoms with Crippen LogP contribution in [-0.4, -0.2) is 36.7 Å². The summed E-state index contributed by atoms with van der Waals surface area (Å²) in [6.45, 7) is 4.76. The Hall–Kier alpha value is -3.28. The average molecular weight is 463 g/mol. The van der Waals surface area contributed by atoms with Crippen LogP contribution in [0.25, 0.3) is 10.9 Å². The van der Waals surface area contributed by atoms with Crippen LogP contribution in [0.3, 0.4) is 0 Å². The highest BCUT2D eigenvalue weighted by molar-refractivity contribution is 5.96. The molecule has 1 aromatic heterocycles. The molecule has 3 aromatic rings. The minimum Gasteiger partial charge on any atom is -0.496 e. The summed E-state index contributed by atoms with van der Waals surface area (Å²) < 4.78 is 12.8. The van der Waals surface area contributed by atoms with E-state index in [4.69, 9.17) is 9.47 Å². The van der Waals surface area contributed by atoms with E-state index >= 15 is 0 Å². The van der Waals surface area contributed by atoms with Crippen LogP contribution in [-0.2, 0) is 22.5 Å². The number of esters is 1. The summed E-state index contributed by atoms with van der Waals surface area (Å²) in [5, 5.41) is 1.15. The smallest absolute Gasteiger partial charge is 0.337 e. The van der Waals surface area contributed by atoms with E-state index in [9.17, 15) is 9.59 Å². The summed E-state index contributed by atoms with van der Waals surface area (Å²) in [6, 6.07) is 12.1. The van der Waals surface area contributed by atoms with E-state index in [1.54, 1.807) is 26.2 Å². The molecule has 1 heterocycles. The van der Waals surface area contributed by atoms with Gasteiger partial charge in [-0.15, -0.1) is 0 Å². The van der Waals surface area contributed by atoms with Crippen molar-refractivity contribution < 1.29 is 19.1 Å². The maximum atomic E-state index is 12.6. The zero-order chi connectivity index (χ0) is 24.2. The largest absolute Gasteiger partial charge is 0.496 e. The topological polar surface area (TPSA) is 60.8 Å². The number of nitrogens with zero attached hydrogens (tertiary/aromatic N) is 2. The lowest BCUT2D eigenvalue weighted by molar-refractivity contribution is -0.117. The maximum absolute atomic E-state index is 12.6. The first-order valence-corrected chi connectivity index (χ1v) is 12.1. The van der Waals surface area contributed by atoms with Crippen LogP contribution in [0.1, 0.15) is 67.4 Å². The molecule has 0 saturated heterocycles. The van der Waals surface area contributed by atoms with E-state index in [1.807, 2.05) is 11.0 Å². The lowest BCUT2D eigenvalue weighted by atomic mass is 10.0. The number of aryl methyl sites for hydroxylation is 1. The van der Waals surface area contributed by atoms with E-state index in [1.165, 1.54) is 31.0 Å². The van der Waals surface area contributed by atoms with Gasteiger partial charge in [0.25, 0.3) is 0 Å². The summed E-state index contributed by atoms with van der Waals surface area (Å²) >= 11 is 0. The molecule has 1 amide bonds. The number of benzene rings is 2. The Morgan fingerprint density at radius 3 is 2.47 bits per heavy atom. The second-order valence-electron chi connectivity index (χ2n) is 9.07. The fraction of sp³-hybridized carbons (Fsp3) is 0.429. The summed E-state index contributed by atoms with van der Waals surface area (Å²) in [7, 11) is 2.99. The highest BCUT2D eigenvalue weighted by atomic mass is 16.5. The molecular formula is C28H34N2O4. The SMILES string of the molecule is CCCn1cc(Cc2ccc(C(=O)OC)cc2OC)c2cc(N(C(C)=O)C3CCCC3)ccc21. The number of carbonyl (C=O) groups excluding carboxylic acids is 2. The van der Waals surface area contributed by atoms with Crippen molar-refractivity contribution in [1.29, 1.82) is 0 Å². The molecule has 2 aromatic carbocycles. The number of hydrogen-bond donors (Lipinski definition) is 0. The monoisotopic (exact) mass is 462 g/mol. The molecule has 0 atom stereocenters. The molecule has 34 heavy (non-hydrogen) atoms. The van der Waals surface area contributed by atoms with Crippen molar-refractivity contribution >= 4 is 28.5 Å². The van der Waals surface area contributed by atoms with Crippen LogP contribution in [0.2, 0.25) is 0 Å². The van der Waals surface area contributed by atoms with Crippen molar-refractivity contribution in [3.8, 4) is 5.75 Å². The van der Waals surface area contributed by atoms with Crippen LogP contribution in [0.4, 0.5) is 5.69 Å². The van der Waals surface area contributed by atoms with Crippen molar-refractivity contribution in [2.45, 2.75) is 65.0 Å². The van der Waals surface area contributed by atoms with E-state index < -0.39 is 0 Å². The summed E-state index contributed by atoms with van der Waals surface area (Å²) in [5.74, 6) is 0.373. The first-order chi connectivity index (χ1) is 16.5. The quantitative estimate of drug-likeness (QED) is 0.401. The van der Waals surface area contributed by atoms with Gasteiger partial charge in [0.1, 0.15) is 5.75 Å². The first-order valence-electron chi connectivity index (χ1n) is 12.1. The molecule has 1 aliphatic rings. The summed E-state index contributed by atoms with van der Waals surface area (Å²) in [5.41, 5.74) is 4.77. The molecule has 6 nitrogen and oxygen atoms in total. The third-order valence-corrected chi connectivity index (χ3v) is 6.81. The fourth-order valence-corrected chi connectivity index (χ4v) is 5.23. The molecule has 0 spiro atoms. The van der Waals surface area contributed by atoms with Gasteiger partial charge in [-0.2, -0.15) is 0 Å². The molecule has 0 aliphatic heterocycles. The molecular weight excluding hydrogens is 428 g/mol. The predicted octanol–water partition coefficient (Wildman–Crippen LogP) is 5.73. The zero-order valence-electron chi connectivity index (χ0n) is 20.6. The van der Waals surface area contributed by atoms with Crippen LogP contribution < -0.4 is 9.64 Å². The fourth-order valence-electron chi connectivity index (χ4n) is 5.23. The number of carbonyl (C=O) groups is 2. The Morgan fingerprint density at radius 2 is 1.82 bits per heavy atom. The van der Waals surface area contributed by atoms with Gasteiger partial charge >= 0.3 is 5.97 Å². The van der Waals surface area contributed by atoms with Gasteiger partial charge < -0.3 is 18.9 Å². The molecule has 0 unspecified atom stereocenters. The Bertz CT molecular complexity index is 1190. The lowest BCUT2D eigenvalue weighted by Gasteiger charge is -2.28. The van der Waals surface area contributed by atoms with Gasteiger partial charge in [-0.05, 0) is 60.7 Å². The Kier molecular flexibility index (Phi) is 7.25. The number of ether oxygens (including phenoxy) is 2. The minimum absolute atomic E-state index is 0.0980. The Morgan fingerprint density at radius 1 is 1.06 bits per heavy atom. The first kappa shape index (κ1) is 23.9. The van der Waals surface area contributed by atoms with Crippen molar-refractivity contribution in [2.75, 3.05) is 19.1 Å². The number of fused-ring (bicyclic) bond motifs is 1. The molecule has 6 heteroatoms. The van der Waals surface area contributed by atoms with Gasteiger partial charge in [0.2, 0.25) is 5.91 Å². The van der Waals surface area contributed by atoms with Crippen LogP contribution in [0, 0.1) is 0 Å². The molecule has 180 valence electrons. The summed E-state index contributed by atoms with van der Waals surface area (Å²) in [4.78, 5) is 26.6. The molecule has 1 saturated carbocycles. The second kappa shape index (κ2) is 10.3. The molecule has 0 bridgehead atoms. The average Bonchev–Trinajstić information content (AvgIpc) is 3.48. The minimum atomic E-state index is -0.384. The number of aromatic nitrogens is 1. The van der Waals surface area contributed by atoms with Crippen LogP contribution in [0.15, 0.2) is 42.6 Å². The summed E-state index contributed by atoms with van der Waals surface area (Å²) in [6.07, 6.45) is 8.37. The van der Waals surface area contributed by atoms with Gasteiger partial charge in [0.05, 0.1) is 19.8 Å². The molecule has 0 N–H and O–H groups in total. The van der Waals surface area contributed by atoms with E-state index in [0.717, 1.165) is 42.4 Å². The normalized spacial score (nSPS) is 13.9. The van der Waals surface area contributed by atoms with Gasteiger partial charge in [-0.25, -0.2) is 4.79 Å². The van der Waals surface area contributed by atoms with Gasteiger partial charge in [-0.1, -0.05) is 25.8 Å². The standard InChI is InChI=1S/C28H34N2O4/c1-5-14-29-18-22(15-20-10-11-21(28(32)34-4)16-27(20)33-3)25-17-24(12-13-26(25)29)30(19(2)31)23-8-6-7-9-23/h10-13,16-18,23H,5-9,14-15H2,1-4H3. The third kappa shape index (κ3) is 4.67. The van der Waals surface area contributed by atoms with E-state index in [-0.39, 0.29) is 17.9 Å². The number of hydrogen-bond acceptors (Lipinski definition) is 4. The molecule has 1 aliphatic carbocycles. The zero-order valence-corrected chi connectivity index (χ0v) is 20.6. The van der Waals surface area contributed by atoms with Gasteiger partial charge in [0, 0.05) is 48.7 Å². The Balaban J connectivity index is 1.77. The molecule has 0 radical (unpaired) electrons. The highest BCUT2D eigenvalue weighted by Gasteiger charge is 2.26. The van der Waals surface area contributed by atoms with Crippen LogP contribution in [0.5, 0.6) is 5.75 Å². The number of rotatable bonds is 8. The molecule has 4 rings (SSSR count). The van der Waals surface area contributed by atoms with Crippen molar-refractivity contribution in [2.24, 2.45) is 0 Å². The number of amides is 1. The maximum Gasteiger partial charge on any atom is 0.337 e. The highest BCUT2D eigenvalue weighted by Crippen LogP contribution is 2.34. The van der Waals surface area contributed by atoms with Gasteiger partial charge in [0.15, 0.2) is 0 Å². The Labute approximate surface area is 201 Å². The lowest BCUT2D eigenvalue weighted by Crippen LogP contribution is -2.37. The van der Waals surface area contributed by atoms with Crippen molar-refractivity contribution in [3.63, 3.8) is 0 Å². The van der Waals surface area contributed by atoms with Gasteiger partial charge in [-0.3, -0.25) is 4.79 Å². The second-order valence-corrected chi connectivity index (χ2v) is 9.07. The van der Waals surface area contributed by atoms with E-state index in [0.29, 0.717) is 17.7 Å². The molecule has 1 fully saturated rings. The van der Waals surface area contributed by atoms with E-state index in [2.05, 4.69) is 35.9 Å². The third-order valence-electron chi connectivity index (χ3n) is 6.81. The van der Waals surface area contributed by atoms with Crippen molar-refractivity contribution in [1.82, 2.24) is 4.57 Å². The number of methoxy groups -OCH3 is 2. The number of anilines is 1. The predicted molar refractivity (Wildman–Crippen MR) is 135 cm³/mol. The van der Waals surface area contributed by atoms with Crippen LogP contribution >= 0.6 is 0 Å².